The first-order chi connectivity index (χ1) is 9.13. The molecule has 0 aliphatic carbocycles. The summed E-state index contributed by atoms with van der Waals surface area (Å²) in [6, 6.07) is 9.78. The van der Waals surface area contributed by atoms with Gasteiger partial charge in [0, 0.05) is 0 Å². The summed E-state index contributed by atoms with van der Waals surface area (Å²) in [6.07, 6.45) is -1.28. The number of ether oxygens (including phenoxy) is 2. The molecule has 2 rings (SSSR count). The molecule has 1 heterocycles. The Kier molecular flexibility index (Phi) is 4.58. The fraction of sp³-hybridized carbons (Fsp3) is 0.600. The van der Waals surface area contributed by atoms with Gasteiger partial charge in [0.15, 0.2) is 6.29 Å². The molecule has 1 unspecified atom stereocenters. The molecule has 0 radical (unpaired) electrons. The van der Waals surface area contributed by atoms with Gasteiger partial charge in [-0.25, -0.2) is 0 Å². The first kappa shape index (κ1) is 14.5. The van der Waals surface area contributed by atoms with Crippen molar-refractivity contribution in [2.24, 2.45) is 0 Å². The highest BCUT2D eigenvalue weighted by Crippen LogP contribution is 2.38. The minimum Gasteiger partial charge on any atom is -0.385 e. The van der Waals surface area contributed by atoms with Crippen LogP contribution in [0.15, 0.2) is 30.3 Å². The quantitative estimate of drug-likeness (QED) is 0.854. The summed E-state index contributed by atoms with van der Waals surface area (Å²) in [5, 5.41) is 19.7. The van der Waals surface area contributed by atoms with E-state index in [-0.39, 0.29) is 0 Å². The van der Waals surface area contributed by atoms with E-state index in [9.17, 15) is 10.2 Å². The Morgan fingerprint density at radius 3 is 2.37 bits per heavy atom. The van der Waals surface area contributed by atoms with E-state index in [1.807, 2.05) is 44.2 Å². The van der Waals surface area contributed by atoms with Gasteiger partial charge in [-0.2, -0.15) is 0 Å². The number of aliphatic hydroxyl groups excluding tert-OH is 2. The highest BCUT2D eigenvalue weighted by molar-refractivity contribution is 5.13. The molecular weight excluding hydrogens is 244 g/mol. The van der Waals surface area contributed by atoms with Crippen molar-refractivity contribution in [3.8, 4) is 0 Å². The third-order valence-electron chi connectivity index (χ3n) is 3.95. The number of hydrogen-bond acceptors (Lipinski definition) is 4. The molecule has 4 heteroatoms. The normalized spacial score (nSPS) is 29.6. The van der Waals surface area contributed by atoms with Crippen molar-refractivity contribution in [2.75, 3.05) is 0 Å². The van der Waals surface area contributed by atoms with E-state index < -0.39 is 24.1 Å². The maximum Gasteiger partial charge on any atom is 0.184 e. The molecule has 1 aliphatic rings. The Bertz CT molecular complexity index is 388. The lowest BCUT2D eigenvalue weighted by Gasteiger charge is -2.32. The highest BCUT2D eigenvalue weighted by atomic mass is 16.7. The molecule has 0 saturated carbocycles. The van der Waals surface area contributed by atoms with Gasteiger partial charge in [-0.15, -0.1) is 0 Å². The summed E-state index contributed by atoms with van der Waals surface area (Å²) in [6.45, 7) is 4.36. The minimum absolute atomic E-state index is 0.403. The molecule has 1 aliphatic heterocycles. The molecule has 4 nitrogen and oxygen atoms in total. The van der Waals surface area contributed by atoms with Crippen molar-refractivity contribution in [3.05, 3.63) is 35.9 Å². The van der Waals surface area contributed by atoms with Crippen molar-refractivity contribution in [1.82, 2.24) is 0 Å². The summed E-state index contributed by atoms with van der Waals surface area (Å²) in [5.74, 6) is 0. The fourth-order valence-electron chi connectivity index (χ4n) is 2.67. The first-order valence-electron chi connectivity index (χ1n) is 6.82. The maximum absolute atomic E-state index is 10.0. The van der Waals surface area contributed by atoms with Gasteiger partial charge in [-0.1, -0.05) is 44.2 Å². The molecule has 0 bridgehead atoms. The van der Waals surface area contributed by atoms with E-state index >= 15 is 0 Å². The average Bonchev–Trinajstić information content (AvgIpc) is 2.70. The predicted octanol–water partition coefficient (Wildman–Crippen LogP) is 1.84. The largest absolute Gasteiger partial charge is 0.385 e. The van der Waals surface area contributed by atoms with Crippen LogP contribution < -0.4 is 0 Å². The van der Waals surface area contributed by atoms with Crippen LogP contribution in [0.25, 0.3) is 0 Å². The summed E-state index contributed by atoms with van der Waals surface area (Å²) >= 11 is 0. The van der Waals surface area contributed by atoms with E-state index in [2.05, 4.69) is 0 Å². The highest BCUT2D eigenvalue weighted by Gasteiger charge is 2.53. The van der Waals surface area contributed by atoms with Gasteiger partial charge >= 0.3 is 0 Å². The molecule has 3 atom stereocenters. The van der Waals surface area contributed by atoms with Crippen molar-refractivity contribution in [1.29, 1.82) is 0 Å². The Labute approximate surface area is 114 Å². The summed E-state index contributed by atoms with van der Waals surface area (Å²) in [7, 11) is 0. The number of benzene rings is 1. The standard InChI is InChI=1S/C15H22O4/c1-3-15(4-2)13(12(16)14(17)19-15)18-10-11-8-6-5-7-9-11/h5-9,12-14,16-17H,3-4,10H2,1-2H3/t12-,13?,14-/m0/s1. The molecule has 1 fully saturated rings. The molecule has 2 N–H and O–H groups in total. The second-order valence-corrected chi connectivity index (χ2v) is 4.99. The molecule has 1 saturated heterocycles. The van der Waals surface area contributed by atoms with Crippen LogP contribution in [-0.2, 0) is 16.1 Å². The second-order valence-electron chi connectivity index (χ2n) is 4.99. The molecule has 106 valence electrons. The molecule has 0 spiro atoms. The van der Waals surface area contributed by atoms with Crippen molar-refractivity contribution < 1.29 is 19.7 Å². The monoisotopic (exact) mass is 266 g/mol. The van der Waals surface area contributed by atoms with E-state index in [0.717, 1.165) is 5.56 Å². The molecule has 19 heavy (non-hydrogen) atoms. The number of rotatable bonds is 5. The first-order valence-corrected chi connectivity index (χ1v) is 6.82. The van der Waals surface area contributed by atoms with Crippen molar-refractivity contribution in [3.63, 3.8) is 0 Å². The van der Waals surface area contributed by atoms with Gasteiger partial charge in [0.2, 0.25) is 0 Å². The van der Waals surface area contributed by atoms with Crippen LogP contribution >= 0.6 is 0 Å². The van der Waals surface area contributed by atoms with Crippen LogP contribution in [0.2, 0.25) is 0 Å². The lowest BCUT2D eigenvalue weighted by atomic mass is 9.89. The van der Waals surface area contributed by atoms with E-state index in [1.165, 1.54) is 0 Å². The lowest BCUT2D eigenvalue weighted by Crippen LogP contribution is -2.44. The van der Waals surface area contributed by atoms with Gasteiger partial charge in [0.05, 0.1) is 12.2 Å². The van der Waals surface area contributed by atoms with Gasteiger partial charge in [0.25, 0.3) is 0 Å². The second kappa shape index (κ2) is 6.01. The Morgan fingerprint density at radius 1 is 1.16 bits per heavy atom. The van der Waals surface area contributed by atoms with E-state index in [0.29, 0.717) is 19.4 Å². The molecular formula is C15H22O4. The predicted molar refractivity (Wildman–Crippen MR) is 71.4 cm³/mol. The van der Waals surface area contributed by atoms with Crippen molar-refractivity contribution in [2.45, 2.75) is 57.4 Å². The zero-order valence-electron chi connectivity index (χ0n) is 11.5. The van der Waals surface area contributed by atoms with Crippen molar-refractivity contribution >= 4 is 0 Å². The van der Waals surface area contributed by atoms with Crippen LogP contribution in [0.1, 0.15) is 32.3 Å². The molecule has 1 aromatic rings. The SMILES string of the molecule is CCC1(CC)O[C@H](O)[C@@H](O)C1OCc1ccccc1. The van der Waals surface area contributed by atoms with Crippen LogP contribution in [0.5, 0.6) is 0 Å². The Balaban J connectivity index is 2.08. The van der Waals surface area contributed by atoms with Crippen LogP contribution in [0, 0.1) is 0 Å². The van der Waals surface area contributed by atoms with E-state index in [1.54, 1.807) is 0 Å². The fourth-order valence-corrected chi connectivity index (χ4v) is 2.67. The minimum atomic E-state index is -1.17. The van der Waals surface area contributed by atoms with Crippen LogP contribution in [0.4, 0.5) is 0 Å². The van der Waals surface area contributed by atoms with Gasteiger partial charge in [0.1, 0.15) is 12.2 Å². The lowest BCUT2D eigenvalue weighted by molar-refractivity contribution is -0.166. The molecule has 0 aromatic heterocycles. The zero-order valence-corrected chi connectivity index (χ0v) is 11.5. The summed E-state index contributed by atoms with van der Waals surface area (Å²) in [4.78, 5) is 0. The van der Waals surface area contributed by atoms with E-state index in [4.69, 9.17) is 9.47 Å². The number of hydrogen-bond donors (Lipinski definition) is 2. The molecule has 1 aromatic carbocycles. The smallest absolute Gasteiger partial charge is 0.184 e. The van der Waals surface area contributed by atoms with Gasteiger partial charge in [-0.3, -0.25) is 0 Å². The molecule has 0 amide bonds. The van der Waals surface area contributed by atoms with Gasteiger partial charge < -0.3 is 19.7 Å². The third kappa shape index (κ3) is 2.82. The maximum atomic E-state index is 10.0. The summed E-state index contributed by atoms with van der Waals surface area (Å²) in [5.41, 5.74) is 0.436. The topological polar surface area (TPSA) is 58.9 Å². The Morgan fingerprint density at radius 2 is 1.79 bits per heavy atom. The third-order valence-corrected chi connectivity index (χ3v) is 3.95. The van der Waals surface area contributed by atoms with Gasteiger partial charge in [-0.05, 0) is 18.4 Å². The zero-order chi connectivity index (χ0) is 13.9. The summed E-state index contributed by atoms with van der Waals surface area (Å²) < 4.78 is 11.4. The van der Waals surface area contributed by atoms with Crippen LogP contribution in [0.3, 0.4) is 0 Å². The average molecular weight is 266 g/mol. The Hall–Kier alpha value is -0.940. The number of aliphatic hydroxyl groups is 2. The van der Waals surface area contributed by atoms with Crippen LogP contribution in [-0.4, -0.2) is 34.3 Å².